The molecule has 0 fully saturated rings. The number of carboxylic acids is 1. The molecule has 0 spiro atoms. The Balaban J connectivity index is 1.98. The van der Waals surface area contributed by atoms with Gasteiger partial charge in [-0.1, -0.05) is 68.4 Å². The minimum atomic E-state index is -0.783. The predicted octanol–water partition coefficient (Wildman–Crippen LogP) is 3.94. The van der Waals surface area contributed by atoms with Crippen LogP contribution in [-0.2, 0) is 11.3 Å². The lowest BCUT2D eigenvalue weighted by Crippen LogP contribution is -2.37. The van der Waals surface area contributed by atoms with Crippen LogP contribution in [0.2, 0.25) is 0 Å². The van der Waals surface area contributed by atoms with E-state index in [0.717, 1.165) is 5.56 Å². The van der Waals surface area contributed by atoms with Crippen LogP contribution in [0.25, 0.3) is 11.1 Å². The summed E-state index contributed by atoms with van der Waals surface area (Å²) >= 11 is 0. The Morgan fingerprint density at radius 1 is 1.00 bits per heavy atom. The Bertz CT molecular complexity index is 591. The molecule has 0 saturated heterocycles. The third-order valence-electron chi connectivity index (χ3n) is 3.62. The highest BCUT2D eigenvalue weighted by atomic mass is 16.4. The summed E-state index contributed by atoms with van der Waals surface area (Å²) in [7, 11) is 0. The van der Waals surface area contributed by atoms with Crippen LogP contribution in [0.5, 0.6) is 0 Å². The second-order valence-corrected chi connectivity index (χ2v) is 5.96. The van der Waals surface area contributed by atoms with Crippen molar-refractivity contribution in [1.82, 2.24) is 5.32 Å². The number of carboxylic acid groups (broad SMARTS) is 1. The second-order valence-electron chi connectivity index (χ2n) is 5.96. The molecule has 3 heteroatoms. The van der Waals surface area contributed by atoms with Crippen LogP contribution in [-0.4, -0.2) is 17.1 Å². The van der Waals surface area contributed by atoms with Crippen molar-refractivity contribution in [3.05, 3.63) is 60.2 Å². The zero-order chi connectivity index (χ0) is 15.9. The smallest absolute Gasteiger partial charge is 0.320 e. The number of nitrogens with one attached hydrogen (secondary N) is 1. The molecule has 2 N–H and O–H groups in total. The maximum Gasteiger partial charge on any atom is 0.320 e. The highest BCUT2D eigenvalue weighted by Gasteiger charge is 2.17. The number of carbonyl (C=O) groups is 1. The fourth-order valence-corrected chi connectivity index (χ4v) is 2.43. The summed E-state index contributed by atoms with van der Waals surface area (Å²) in [6.07, 6.45) is 0.636. The van der Waals surface area contributed by atoms with E-state index in [0.29, 0.717) is 18.9 Å². The Hall–Kier alpha value is -2.13. The van der Waals surface area contributed by atoms with Crippen LogP contribution in [0, 0.1) is 5.92 Å². The molecule has 1 atom stereocenters. The van der Waals surface area contributed by atoms with Gasteiger partial charge in [0.25, 0.3) is 0 Å². The zero-order valence-corrected chi connectivity index (χ0v) is 13.1. The minimum absolute atomic E-state index is 0.356. The Kier molecular flexibility index (Phi) is 5.73. The van der Waals surface area contributed by atoms with Gasteiger partial charge in [0, 0.05) is 6.54 Å². The van der Waals surface area contributed by atoms with Crippen LogP contribution < -0.4 is 5.32 Å². The van der Waals surface area contributed by atoms with E-state index in [9.17, 15) is 9.90 Å². The molecular formula is C19H23NO2. The van der Waals surface area contributed by atoms with Gasteiger partial charge in [0.1, 0.15) is 6.04 Å². The third kappa shape index (κ3) is 4.71. The Morgan fingerprint density at radius 2 is 1.59 bits per heavy atom. The van der Waals surface area contributed by atoms with Gasteiger partial charge in [0.05, 0.1) is 0 Å². The molecule has 0 aliphatic heterocycles. The third-order valence-corrected chi connectivity index (χ3v) is 3.62. The number of hydrogen-bond acceptors (Lipinski definition) is 2. The predicted molar refractivity (Wildman–Crippen MR) is 89.6 cm³/mol. The molecule has 116 valence electrons. The van der Waals surface area contributed by atoms with Gasteiger partial charge < -0.3 is 10.4 Å². The maximum absolute atomic E-state index is 11.2. The summed E-state index contributed by atoms with van der Waals surface area (Å²) < 4.78 is 0. The largest absolute Gasteiger partial charge is 0.480 e. The first-order valence-corrected chi connectivity index (χ1v) is 7.67. The fraction of sp³-hybridized carbons (Fsp3) is 0.316. The van der Waals surface area contributed by atoms with Crippen LogP contribution in [0.1, 0.15) is 25.8 Å². The summed E-state index contributed by atoms with van der Waals surface area (Å²) in [5, 5.41) is 12.4. The van der Waals surface area contributed by atoms with Crippen molar-refractivity contribution in [3.8, 4) is 11.1 Å². The first kappa shape index (κ1) is 16.2. The van der Waals surface area contributed by atoms with Crippen molar-refractivity contribution >= 4 is 5.97 Å². The first-order valence-electron chi connectivity index (χ1n) is 7.67. The molecule has 0 radical (unpaired) electrons. The van der Waals surface area contributed by atoms with E-state index in [1.165, 1.54) is 11.1 Å². The van der Waals surface area contributed by atoms with Crippen molar-refractivity contribution < 1.29 is 9.90 Å². The second kappa shape index (κ2) is 7.76. The van der Waals surface area contributed by atoms with Gasteiger partial charge in [-0.15, -0.1) is 0 Å². The van der Waals surface area contributed by atoms with Crippen LogP contribution >= 0.6 is 0 Å². The highest BCUT2D eigenvalue weighted by molar-refractivity contribution is 5.73. The van der Waals surface area contributed by atoms with E-state index >= 15 is 0 Å². The van der Waals surface area contributed by atoms with E-state index in [4.69, 9.17) is 0 Å². The summed E-state index contributed by atoms with van der Waals surface area (Å²) in [5.74, 6) is -0.427. The lowest BCUT2D eigenvalue weighted by atomic mass is 10.0. The van der Waals surface area contributed by atoms with Gasteiger partial charge >= 0.3 is 5.97 Å². The monoisotopic (exact) mass is 297 g/mol. The van der Waals surface area contributed by atoms with Gasteiger partial charge in [0.2, 0.25) is 0 Å². The summed E-state index contributed by atoms with van der Waals surface area (Å²) in [4.78, 5) is 11.2. The minimum Gasteiger partial charge on any atom is -0.480 e. The molecule has 2 aromatic carbocycles. The van der Waals surface area contributed by atoms with E-state index in [-0.39, 0.29) is 0 Å². The molecule has 0 unspecified atom stereocenters. The summed E-state index contributed by atoms with van der Waals surface area (Å²) in [5.41, 5.74) is 3.45. The van der Waals surface area contributed by atoms with Crippen molar-refractivity contribution in [2.45, 2.75) is 32.9 Å². The van der Waals surface area contributed by atoms with Gasteiger partial charge in [-0.2, -0.15) is 0 Å². The van der Waals surface area contributed by atoms with Crippen molar-refractivity contribution in [3.63, 3.8) is 0 Å². The molecule has 22 heavy (non-hydrogen) atoms. The lowest BCUT2D eigenvalue weighted by Gasteiger charge is -2.16. The molecule has 0 bridgehead atoms. The molecule has 3 nitrogen and oxygen atoms in total. The van der Waals surface area contributed by atoms with E-state index < -0.39 is 12.0 Å². The van der Waals surface area contributed by atoms with Crippen molar-refractivity contribution in [2.75, 3.05) is 0 Å². The zero-order valence-electron chi connectivity index (χ0n) is 13.1. The average molecular weight is 297 g/mol. The van der Waals surface area contributed by atoms with E-state index in [2.05, 4.69) is 29.6 Å². The molecular weight excluding hydrogens is 274 g/mol. The summed E-state index contributed by atoms with van der Waals surface area (Å²) in [6, 6.07) is 18.0. The molecule has 0 aliphatic carbocycles. The molecule has 0 aliphatic rings. The SMILES string of the molecule is CC(C)C[C@@H](NCc1ccc(-c2ccccc2)cc1)C(=O)O. The van der Waals surface area contributed by atoms with Gasteiger partial charge in [0.15, 0.2) is 0 Å². The van der Waals surface area contributed by atoms with E-state index in [1.807, 2.05) is 44.2 Å². The highest BCUT2D eigenvalue weighted by Crippen LogP contribution is 2.19. The molecule has 0 amide bonds. The van der Waals surface area contributed by atoms with Crippen molar-refractivity contribution in [1.29, 1.82) is 0 Å². The normalized spacial score (nSPS) is 12.3. The quantitative estimate of drug-likeness (QED) is 0.813. The molecule has 0 heterocycles. The van der Waals surface area contributed by atoms with Crippen LogP contribution in [0.15, 0.2) is 54.6 Å². The Labute approximate surface area is 132 Å². The van der Waals surface area contributed by atoms with Gasteiger partial charge in [-0.3, -0.25) is 4.79 Å². The van der Waals surface area contributed by atoms with Gasteiger partial charge in [-0.25, -0.2) is 0 Å². The van der Waals surface area contributed by atoms with Gasteiger partial charge in [-0.05, 0) is 29.0 Å². The standard InChI is InChI=1S/C19H23NO2/c1-14(2)12-18(19(21)22)20-13-15-8-10-17(11-9-15)16-6-4-3-5-7-16/h3-11,14,18,20H,12-13H2,1-2H3,(H,21,22)/t18-/m1/s1. The summed E-state index contributed by atoms with van der Waals surface area (Å²) in [6.45, 7) is 4.64. The molecule has 2 aromatic rings. The number of aliphatic carboxylic acids is 1. The average Bonchev–Trinajstić information content (AvgIpc) is 2.52. The molecule has 0 saturated carbocycles. The van der Waals surface area contributed by atoms with Crippen molar-refractivity contribution in [2.24, 2.45) is 5.92 Å². The van der Waals surface area contributed by atoms with E-state index in [1.54, 1.807) is 0 Å². The molecule has 0 aromatic heterocycles. The molecule has 2 rings (SSSR count). The lowest BCUT2D eigenvalue weighted by molar-refractivity contribution is -0.140. The Morgan fingerprint density at radius 3 is 2.14 bits per heavy atom. The maximum atomic E-state index is 11.2. The van der Waals surface area contributed by atoms with Crippen LogP contribution in [0.3, 0.4) is 0 Å². The number of hydrogen-bond donors (Lipinski definition) is 2. The fourth-order valence-electron chi connectivity index (χ4n) is 2.43. The van der Waals surface area contributed by atoms with Crippen LogP contribution in [0.4, 0.5) is 0 Å². The number of benzene rings is 2. The first-order chi connectivity index (χ1) is 10.6. The topological polar surface area (TPSA) is 49.3 Å². The number of rotatable bonds is 7.